The number of amides is 1. The number of methoxy groups -OCH3 is 1. The maximum Gasteiger partial charge on any atom is 0.227 e. The van der Waals surface area contributed by atoms with Crippen LogP contribution in [-0.4, -0.2) is 23.2 Å². The number of halogens is 1. The second kappa shape index (κ2) is 7.81. The predicted molar refractivity (Wildman–Crippen MR) is 94.7 cm³/mol. The van der Waals surface area contributed by atoms with Crippen molar-refractivity contribution in [1.82, 2.24) is 10.1 Å². The molecule has 0 saturated carbocycles. The van der Waals surface area contributed by atoms with Gasteiger partial charge in [0.05, 0.1) is 17.8 Å². The Kier molecular flexibility index (Phi) is 5.30. The van der Waals surface area contributed by atoms with Crippen molar-refractivity contribution in [3.05, 3.63) is 59.4 Å². The topological polar surface area (TPSA) is 77.2 Å². The summed E-state index contributed by atoms with van der Waals surface area (Å²) in [6, 6.07) is 14.5. The number of aryl methyl sites for hydroxylation is 1. The van der Waals surface area contributed by atoms with Crippen LogP contribution < -0.4 is 10.1 Å². The molecule has 3 rings (SSSR count). The van der Waals surface area contributed by atoms with Crippen molar-refractivity contribution < 1.29 is 14.1 Å². The van der Waals surface area contributed by atoms with E-state index in [-0.39, 0.29) is 12.3 Å². The second-order valence-corrected chi connectivity index (χ2v) is 5.65. The molecule has 3 aromatic rings. The van der Waals surface area contributed by atoms with Crippen molar-refractivity contribution in [2.24, 2.45) is 0 Å². The second-order valence-electron chi connectivity index (χ2n) is 5.24. The molecule has 1 amide bonds. The molecule has 1 N–H and O–H groups in total. The highest BCUT2D eigenvalue weighted by molar-refractivity contribution is 6.33. The van der Waals surface area contributed by atoms with E-state index in [0.29, 0.717) is 40.2 Å². The first-order chi connectivity index (χ1) is 12.2. The van der Waals surface area contributed by atoms with Gasteiger partial charge in [0.2, 0.25) is 17.6 Å². The zero-order valence-corrected chi connectivity index (χ0v) is 14.3. The monoisotopic (exact) mass is 357 g/mol. The Morgan fingerprint density at radius 3 is 2.76 bits per heavy atom. The van der Waals surface area contributed by atoms with Crippen LogP contribution in [0.5, 0.6) is 5.75 Å². The molecule has 0 saturated heterocycles. The largest absolute Gasteiger partial charge is 0.495 e. The van der Waals surface area contributed by atoms with Gasteiger partial charge in [-0.05, 0) is 24.3 Å². The molecule has 0 unspecified atom stereocenters. The zero-order valence-electron chi connectivity index (χ0n) is 13.5. The standard InChI is InChI=1S/C18H16ClN3O3/c1-24-15-9-5-4-8-14(15)20-16(23)10-11-17-21-18(22-25-17)12-6-2-3-7-13(12)19/h2-9H,10-11H2,1H3,(H,20,23). The van der Waals surface area contributed by atoms with Crippen LogP contribution in [0.25, 0.3) is 11.4 Å². The Morgan fingerprint density at radius 2 is 1.96 bits per heavy atom. The van der Waals surface area contributed by atoms with Gasteiger partial charge in [-0.1, -0.05) is 41.0 Å². The molecule has 1 heterocycles. The fourth-order valence-corrected chi connectivity index (χ4v) is 2.51. The van der Waals surface area contributed by atoms with Gasteiger partial charge in [0.15, 0.2) is 0 Å². The highest BCUT2D eigenvalue weighted by atomic mass is 35.5. The Bertz CT molecular complexity index is 879. The third-order valence-electron chi connectivity index (χ3n) is 3.53. The molecule has 2 aromatic carbocycles. The zero-order chi connectivity index (χ0) is 17.6. The van der Waals surface area contributed by atoms with E-state index in [9.17, 15) is 4.79 Å². The molecule has 0 radical (unpaired) electrons. The molecular weight excluding hydrogens is 342 g/mol. The van der Waals surface area contributed by atoms with Crippen molar-refractivity contribution in [3.63, 3.8) is 0 Å². The number of carbonyl (C=O) groups excluding carboxylic acids is 1. The van der Waals surface area contributed by atoms with Crippen LogP contribution in [-0.2, 0) is 11.2 Å². The number of benzene rings is 2. The van der Waals surface area contributed by atoms with Crippen LogP contribution in [0.2, 0.25) is 5.02 Å². The first-order valence-electron chi connectivity index (χ1n) is 7.67. The van der Waals surface area contributed by atoms with Crippen molar-refractivity contribution >= 4 is 23.2 Å². The Morgan fingerprint density at radius 1 is 1.20 bits per heavy atom. The van der Waals surface area contributed by atoms with Crippen molar-refractivity contribution in [1.29, 1.82) is 0 Å². The smallest absolute Gasteiger partial charge is 0.227 e. The average Bonchev–Trinajstić information content (AvgIpc) is 3.09. The summed E-state index contributed by atoms with van der Waals surface area (Å²) in [7, 11) is 1.56. The number of rotatable bonds is 6. The number of nitrogens with zero attached hydrogens (tertiary/aromatic N) is 2. The van der Waals surface area contributed by atoms with E-state index in [0.717, 1.165) is 0 Å². The van der Waals surface area contributed by atoms with Gasteiger partial charge in [-0.3, -0.25) is 4.79 Å². The summed E-state index contributed by atoms with van der Waals surface area (Å²) in [4.78, 5) is 16.4. The van der Waals surface area contributed by atoms with Crippen LogP contribution >= 0.6 is 11.6 Å². The fourth-order valence-electron chi connectivity index (χ4n) is 2.29. The lowest BCUT2D eigenvalue weighted by atomic mass is 10.2. The summed E-state index contributed by atoms with van der Waals surface area (Å²) >= 11 is 6.12. The number of hydrogen-bond acceptors (Lipinski definition) is 5. The first kappa shape index (κ1) is 17.0. The van der Waals surface area contributed by atoms with Gasteiger partial charge in [0.25, 0.3) is 0 Å². The number of para-hydroxylation sites is 2. The van der Waals surface area contributed by atoms with E-state index in [1.165, 1.54) is 0 Å². The average molecular weight is 358 g/mol. The van der Waals surface area contributed by atoms with E-state index in [1.54, 1.807) is 25.3 Å². The van der Waals surface area contributed by atoms with Gasteiger partial charge in [-0.25, -0.2) is 0 Å². The van der Waals surface area contributed by atoms with Crippen LogP contribution in [0.1, 0.15) is 12.3 Å². The maximum absolute atomic E-state index is 12.1. The third kappa shape index (κ3) is 4.16. The molecule has 25 heavy (non-hydrogen) atoms. The molecule has 128 valence electrons. The minimum absolute atomic E-state index is 0.165. The van der Waals surface area contributed by atoms with Crippen molar-refractivity contribution in [3.8, 4) is 17.1 Å². The van der Waals surface area contributed by atoms with Gasteiger partial charge in [-0.2, -0.15) is 4.98 Å². The van der Waals surface area contributed by atoms with Crippen LogP contribution in [0, 0.1) is 0 Å². The summed E-state index contributed by atoms with van der Waals surface area (Å²) in [5.74, 6) is 1.23. The Labute approximate surface area is 149 Å². The highest BCUT2D eigenvalue weighted by Gasteiger charge is 2.13. The molecule has 0 aliphatic rings. The Balaban J connectivity index is 1.61. The minimum Gasteiger partial charge on any atom is -0.495 e. The van der Waals surface area contributed by atoms with Gasteiger partial charge in [-0.15, -0.1) is 0 Å². The summed E-state index contributed by atoms with van der Waals surface area (Å²) < 4.78 is 10.4. The summed E-state index contributed by atoms with van der Waals surface area (Å²) in [5, 5.41) is 7.26. The van der Waals surface area contributed by atoms with E-state index in [4.69, 9.17) is 20.9 Å². The van der Waals surface area contributed by atoms with Crippen LogP contribution in [0.4, 0.5) is 5.69 Å². The third-order valence-corrected chi connectivity index (χ3v) is 3.86. The molecule has 0 bridgehead atoms. The molecule has 0 aliphatic carbocycles. The highest BCUT2D eigenvalue weighted by Crippen LogP contribution is 2.25. The molecular formula is C18H16ClN3O3. The number of carbonyl (C=O) groups is 1. The van der Waals surface area contributed by atoms with E-state index in [2.05, 4.69) is 15.5 Å². The maximum atomic E-state index is 12.1. The van der Waals surface area contributed by atoms with Crippen molar-refractivity contribution in [2.75, 3.05) is 12.4 Å². The lowest BCUT2D eigenvalue weighted by molar-refractivity contribution is -0.116. The summed E-state index contributed by atoms with van der Waals surface area (Å²) in [6.07, 6.45) is 0.542. The van der Waals surface area contributed by atoms with Gasteiger partial charge >= 0.3 is 0 Å². The molecule has 0 spiro atoms. The molecule has 0 fully saturated rings. The molecule has 7 heteroatoms. The molecule has 0 aliphatic heterocycles. The normalized spacial score (nSPS) is 10.5. The fraction of sp³-hybridized carbons (Fsp3) is 0.167. The van der Waals surface area contributed by atoms with Gasteiger partial charge in [0, 0.05) is 18.4 Å². The molecule has 1 aromatic heterocycles. The number of ether oxygens (including phenoxy) is 1. The number of aromatic nitrogens is 2. The lowest BCUT2D eigenvalue weighted by Gasteiger charge is -2.08. The summed E-state index contributed by atoms with van der Waals surface area (Å²) in [5.41, 5.74) is 1.31. The van der Waals surface area contributed by atoms with Crippen LogP contribution in [0.3, 0.4) is 0 Å². The van der Waals surface area contributed by atoms with E-state index >= 15 is 0 Å². The number of anilines is 1. The van der Waals surface area contributed by atoms with E-state index < -0.39 is 0 Å². The van der Waals surface area contributed by atoms with Crippen LogP contribution in [0.15, 0.2) is 53.1 Å². The Hall–Kier alpha value is -2.86. The lowest BCUT2D eigenvalue weighted by Crippen LogP contribution is -2.13. The van der Waals surface area contributed by atoms with Crippen molar-refractivity contribution in [2.45, 2.75) is 12.8 Å². The molecule has 0 atom stereocenters. The number of nitrogens with one attached hydrogen (secondary N) is 1. The number of hydrogen-bond donors (Lipinski definition) is 1. The molecule has 6 nitrogen and oxygen atoms in total. The SMILES string of the molecule is COc1ccccc1NC(=O)CCc1nc(-c2ccccc2Cl)no1. The predicted octanol–water partition coefficient (Wildman–Crippen LogP) is 3.97. The van der Waals surface area contributed by atoms with Gasteiger partial charge in [0.1, 0.15) is 5.75 Å². The van der Waals surface area contributed by atoms with E-state index in [1.807, 2.05) is 30.3 Å². The quantitative estimate of drug-likeness (QED) is 0.722. The first-order valence-corrected chi connectivity index (χ1v) is 8.05. The van der Waals surface area contributed by atoms with Gasteiger partial charge < -0.3 is 14.6 Å². The summed E-state index contributed by atoms with van der Waals surface area (Å²) in [6.45, 7) is 0. The minimum atomic E-state index is -0.165.